The molecule has 0 radical (unpaired) electrons. The van der Waals surface area contributed by atoms with Crippen molar-refractivity contribution < 1.29 is 4.79 Å². The molecule has 184 valence electrons. The molecule has 1 amide bonds. The number of carbonyl (C=O) groups excluding carboxylic acids is 1. The van der Waals surface area contributed by atoms with E-state index in [9.17, 15) is 4.79 Å². The lowest BCUT2D eigenvalue weighted by molar-refractivity contribution is -0.122. The van der Waals surface area contributed by atoms with Gasteiger partial charge in [-0.05, 0) is 68.5 Å². The number of para-hydroxylation sites is 2. The van der Waals surface area contributed by atoms with E-state index >= 15 is 0 Å². The van der Waals surface area contributed by atoms with E-state index in [1.807, 2.05) is 43.3 Å². The number of amides is 1. The highest BCUT2D eigenvalue weighted by molar-refractivity contribution is 8.26. The molecule has 0 saturated carbocycles. The van der Waals surface area contributed by atoms with Gasteiger partial charge in [0.25, 0.3) is 5.91 Å². The highest BCUT2D eigenvalue weighted by Crippen LogP contribution is 2.48. The highest BCUT2D eigenvalue weighted by atomic mass is 32.2. The molecule has 1 saturated heterocycles. The Morgan fingerprint density at radius 2 is 1.65 bits per heavy atom. The van der Waals surface area contributed by atoms with Crippen LogP contribution in [0.15, 0.2) is 95.7 Å². The van der Waals surface area contributed by atoms with Crippen LogP contribution in [-0.4, -0.2) is 33.2 Å². The predicted octanol–water partition coefficient (Wildman–Crippen LogP) is 7.55. The minimum absolute atomic E-state index is 0.0303. The number of thiazole rings is 1. The average Bonchev–Trinajstić information content (AvgIpc) is 3.58. The van der Waals surface area contributed by atoms with Crippen LogP contribution in [0.3, 0.4) is 0 Å². The molecule has 3 heterocycles. The molecule has 0 unspecified atom stereocenters. The molecule has 2 aliphatic heterocycles. The Bertz CT molecular complexity index is 1560. The summed E-state index contributed by atoms with van der Waals surface area (Å²) in [7, 11) is 0. The zero-order valence-electron chi connectivity index (χ0n) is 20.4. The molecule has 0 spiro atoms. The normalized spacial score (nSPS) is 17.6. The third kappa shape index (κ3) is 4.15. The number of hydrogen-bond acceptors (Lipinski definition) is 7. The monoisotopic (exact) mass is 540 g/mol. The SMILES string of the molecule is CCN1C(=O)C(=CC=C2N(CC)c3cc(-c4nc5ccccc5s4)ccc3N2c2ccccc2)SC1=S. The second-order valence-electron chi connectivity index (χ2n) is 8.58. The van der Waals surface area contributed by atoms with Gasteiger partial charge in [-0.3, -0.25) is 14.6 Å². The standard InChI is InChI=1S/C29H24N4OS3/c1-3-31-23-18-19(27-30-21-12-8-9-13-24(21)36-27)14-15-22(23)33(20-10-6-5-7-11-20)26(31)17-16-25-28(34)32(4-2)29(35)37-25/h5-18H,3-4H2,1-2H3. The lowest BCUT2D eigenvalue weighted by Gasteiger charge is -2.24. The predicted molar refractivity (Wildman–Crippen MR) is 160 cm³/mol. The maximum atomic E-state index is 12.8. The van der Waals surface area contributed by atoms with Crippen LogP contribution in [0.1, 0.15) is 13.8 Å². The van der Waals surface area contributed by atoms with E-state index in [-0.39, 0.29) is 5.91 Å². The van der Waals surface area contributed by atoms with Crippen LogP contribution in [0.5, 0.6) is 0 Å². The fourth-order valence-corrected chi connectivity index (χ4v) is 6.99. The summed E-state index contributed by atoms with van der Waals surface area (Å²) in [5, 5.41) is 1.01. The summed E-state index contributed by atoms with van der Waals surface area (Å²) in [5.74, 6) is 0.962. The van der Waals surface area contributed by atoms with Crippen LogP contribution < -0.4 is 9.80 Å². The van der Waals surface area contributed by atoms with Gasteiger partial charge in [0, 0.05) is 24.3 Å². The van der Waals surface area contributed by atoms with E-state index in [2.05, 4.69) is 65.3 Å². The molecule has 37 heavy (non-hydrogen) atoms. The second-order valence-corrected chi connectivity index (χ2v) is 11.3. The number of likely N-dealkylation sites (N-methyl/N-ethyl adjacent to an activating group) is 1. The third-order valence-corrected chi connectivity index (χ3v) is 8.94. The molecule has 8 heteroatoms. The van der Waals surface area contributed by atoms with Crippen molar-refractivity contribution in [1.29, 1.82) is 0 Å². The van der Waals surface area contributed by atoms with Crippen LogP contribution >= 0.6 is 35.3 Å². The minimum atomic E-state index is -0.0303. The lowest BCUT2D eigenvalue weighted by atomic mass is 10.1. The number of fused-ring (bicyclic) bond motifs is 2. The van der Waals surface area contributed by atoms with Gasteiger partial charge in [-0.2, -0.15) is 0 Å². The summed E-state index contributed by atoms with van der Waals surface area (Å²) >= 11 is 8.48. The Morgan fingerprint density at radius 1 is 0.892 bits per heavy atom. The number of thioether (sulfide) groups is 1. The summed E-state index contributed by atoms with van der Waals surface area (Å²) in [6, 6.07) is 25.1. The van der Waals surface area contributed by atoms with E-state index in [4.69, 9.17) is 17.2 Å². The van der Waals surface area contributed by atoms with Crippen molar-refractivity contribution >= 4 is 72.8 Å². The maximum absolute atomic E-state index is 12.8. The fourth-order valence-electron chi connectivity index (χ4n) is 4.71. The smallest absolute Gasteiger partial charge is 0.266 e. The van der Waals surface area contributed by atoms with Gasteiger partial charge in [0.2, 0.25) is 0 Å². The van der Waals surface area contributed by atoms with Crippen LogP contribution in [0, 0.1) is 0 Å². The second kappa shape index (κ2) is 9.78. The summed E-state index contributed by atoms with van der Waals surface area (Å²) in [5.41, 5.74) is 5.39. The largest absolute Gasteiger partial charge is 0.326 e. The van der Waals surface area contributed by atoms with E-state index in [1.165, 1.54) is 16.5 Å². The van der Waals surface area contributed by atoms with Gasteiger partial charge < -0.3 is 4.90 Å². The number of allylic oxidation sites excluding steroid dienone is 2. The Hall–Kier alpha value is -3.46. The van der Waals surface area contributed by atoms with E-state index in [0.717, 1.165) is 45.5 Å². The number of anilines is 3. The zero-order chi connectivity index (χ0) is 25.5. The van der Waals surface area contributed by atoms with Gasteiger partial charge in [0.05, 0.1) is 26.5 Å². The van der Waals surface area contributed by atoms with Crippen LogP contribution in [0.25, 0.3) is 20.8 Å². The lowest BCUT2D eigenvalue weighted by Crippen LogP contribution is -2.27. The number of nitrogens with zero attached hydrogens (tertiary/aromatic N) is 4. The Morgan fingerprint density at radius 3 is 2.38 bits per heavy atom. The van der Waals surface area contributed by atoms with Crippen molar-refractivity contribution in [2.24, 2.45) is 0 Å². The van der Waals surface area contributed by atoms with Crippen LogP contribution in [-0.2, 0) is 4.79 Å². The molecule has 4 aromatic rings. The summed E-state index contributed by atoms with van der Waals surface area (Å²) in [4.78, 5) is 24.5. The molecular formula is C29H24N4OS3. The van der Waals surface area contributed by atoms with Gasteiger partial charge in [0.15, 0.2) is 0 Å². The topological polar surface area (TPSA) is 39.7 Å². The number of benzene rings is 3. The molecular weight excluding hydrogens is 517 g/mol. The van der Waals surface area contributed by atoms with Crippen molar-refractivity contribution in [3.8, 4) is 10.6 Å². The first-order valence-electron chi connectivity index (χ1n) is 12.2. The summed E-state index contributed by atoms with van der Waals surface area (Å²) in [6.45, 7) is 5.44. The molecule has 3 aromatic carbocycles. The minimum Gasteiger partial charge on any atom is -0.326 e. The van der Waals surface area contributed by atoms with Crippen molar-refractivity contribution in [1.82, 2.24) is 9.88 Å². The Labute approximate surface area is 229 Å². The first kappa shape index (κ1) is 23.9. The molecule has 0 aliphatic carbocycles. The van der Waals surface area contributed by atoms with Crippen molar-refractivity contribution in [2.45, 2.75) is 13.8 Å². The molecule has 0 bridgehead atoms. The Kier molecular flexibility index (Phi) is 6.32. The van der Waals surface area contributed by atoms with Gasteiger partial charge in [0.1, 0.15) is 15.1 Å². The van der Waals surface area contributed by atoms with Crippen molar-refractivity contribution in [3.05, 3.63) is 95.7 Å². The quantitative estimate of drug-likeness (QED) is 0.192. The highest BCUT2D eigenvalue weighted by Gasteiger charge is 2.33. The average molecular weight is 541 g/mol. The molecule has 6 rings (SSSR count). The van der Waals surface area contributed by atoms with Crippen LogP contribution in [0.2, 0.25) is 0 Å². The first-order valence-corrected chi connectivity index (χ1v) is 14.2. The van der Waals surface area contributed by atoms with E-state index in [0.29, 0.717) is 15.8 Å². The molecule has 2 aliphatic rings. The van der Waals surface area contributed by atoms with Gasteiger partial charge in [-0.25, -0.2) is 4.98 Å². The van der Waals surface area contributed by atoms with Gasteiger partial charge in [-0.15, -0.1) is 11.3 Å². The zero-order valence-corrected chi connectivity index (χ0v) is 22.9. The van der Waals surface area contributed by atoms with Gasteiger partial charge in [-0.1, -0.05) is 54.3 Å². The van der Waals surface area contributed by atoms with Gasteiger partial charge >= 0.3 is 0 Å². The molecule has 1 fully saturated rings. The number of rotatable bonds is 5. The van der Waals surface area contributed by atoms with Crippen molar-refractivity contribution in [2.75, 3.05) is 22.9 Å². The number of carbonyl (C=O) groups is 1. The summed E-state index contributed by atoms with van der Waals surface area (Å²) in [6.07, 6.45) is 3.94. The molecule has 5 nitrogen and oxygen atoms in total. The molecule has 0 N–H and O–H groups in total. The molecule has 0 atom stereocenters. The molecule has 1 aromatic heterocycles. The number of aromatic nitrogens is 1. The maximum Gasteiger partial charge on any atom is 0.266 e. The number of thiocarbonyl (C=S) groups is 1. The van der Waals surface area contributed by atoms with Crippen LogP contribution in [0.4, 0.5) is 17.1 Å². The first-order chi connectivity index (χ1) is 18.1. The fraction of sp³-hybridized carbons (Fsp3) is 0.138. The Balaban J connectivity index is 1.46. The summed E-state index contributed by atoms with van der Waals surface area (Å²) < 4.78 is 1.79. The van der Waals surface area contributed by atoms with Crippen molar-refractivity contribution in [3.63, 3.8) is 0 Å². The van der Waals surface area contributed by atoms with E-state index in [1.54, 1.807) is 16.2 Å². The number of hydrogen-bond donors (Lipinski definition) is 0. The third-order valence-electron chi connectivity index (χ3n) is 6.46. The van der Waals surface area contributed by atoms with E-state index < -0.39 is 0 Å².